The van der Waals surface area contributed by atoms with Crippen LogP contribution in [0.4, 0.5) is 17.1 Å². The van der Waals surface area contributed by atoms with Gasteiger partial charge in [-0.1, -0.05) is 42.5 Å². The van der Waals surface area contributed by atoms with Gasteiger partial charge >= 0.3 is 5.97 Å². The van der Waals surface area contributed by atoms with E-state index >= 15 is 0 Å². The fourth-order valence-corrected chi connectivity index (χ4v) is 3.14. The number of hydrogen-bond acceptors (Lipinski definition) is 4. The molecule has 0 radical (unpaired) electrons. The fraction of sp³-hybridized carbons (Fsp3) is 0.0909. The molecule has 0 aliphatic carbocycles. The predicted molar refractivity (Wildman–Crippen MR) is 106 cm³/mol. The Labute approximate surface area is 162 Å². The van der Waals surface area contributed by atoms with Crippen molar-refractivity contribution >= 4 is 28.9 Å². The average molecular weight is 374 g/mol. The second-order valence-corrected chi connectivity index (χ2v) is 6.41. The molecule has 6 nitrogen and oxygen atoms in total. The van der Waals surface area contributed by atoms with Crippen molar-refractivity contribution in [3.63, 3.8) is 0 Å². The average Bonchev–Trinajstić information content (AvgIpc) is 2.82. The van der Waals surface area contributed by atoms with Crippen LogP contribution in [0.25, 0.3) is 0 Å². The molecule has 4 rings (SSSR count). The smallest absolute Gasteiger partial charge is 0.323 e. The summed E-state index contributed by atoms with van der Waals surface area (Å²) in [7, 11) is 0. The monoisotopic (exact) mass is 374 g/mol. The van der Waals surface area contributed by atoms with E-state index in [4.69, 9.17) is 4.74 Å². The second-order valence-electron chi connectivity index (χ2n) is 6.41. The van der Waals surface area contributed by atoms with Gasteiger partial charge in [-0.3, -0.25) is 14.5 Å². The van der Waals surface area contributed by atoms with Gasteiger partial charge in [0.25, 0.3) is 5.91 Å². The Kier molecular flexibility index (Phi) is 4.68. The minimum atomic E-state index is -1.09. The molecule has 0 spiro atoms. The van der Waals surface area contributed by atoms with Crippen LogP contribution in [0.5, 0.6) is 5.75 Å². The van der Waals surface area contributed by atoms with Gasteiger partial charge in [-0.2, -0.15) is 0 Å². The number of aliphatic carboxylic acids is 1. The lowest BCUT2D eigenvalue weighted by atomic mass is 10.1. The van der Waals surface area contributed by atoms with Crippen molar-refractivity contribution < 1.29 is 19.4 Å². The van der Waals surface area contributed by atoms with Gasteiger partial charge in [0.05, 0.1) is 22.6 Å². The van der Waals surface area contributed by atoms with E-state index in [1.165, 1.54) is 4.90 Å². The summed E-state index contributed by atoms with van der Waals surface area (Å²) in [4.78, 5) is 25.7. The van der Waals surface area contributed by atoms with Crippen LogP contribution in [0.1, 0.15) is 15.9 Å². The van der Waals surface area contributed by atoms with E-state index < -0.39 is 12.5 Å². The number of hydrogen-bond donors (Lipinski definition) is 2. The highest BCUT2D eigenvalue weighted by atomic mass is 16.5. The van der Waals surface area contributed by atoms with Crippen LogP contribution in [0.2, 0.25) is 0 Å². The number of carbonyl (C=O) groups excluding carboxylic acids is 1. The van der Waals surface area contributed by atoms with Crippen LogP contribution in [0, 0.1) is 0 Å². The molecular weight excluding hydrogens is 356 g/mol. The summed E-state index contributed by atoms with van der Waals surface area (Å²) in [5, 5.41) is 12.6. The zero-order valence-electron chi connectivity index (χ0n) is 15.0. The summed E-state index contributed by atoms with van der Waals surface area (Å²) in [5.41, 5.74) is 3.19. The van der Waals surface area contributed by atoms with Gasteiger partial charge in [-0.25, -0.2) is 0 Å². The number of benzene rings is 3. The Bertz CT molecular complexity index is 1030. The first-order valence-electron chi connectivity index (χ1n) is 8.82. The molecule has 0 fully saturated rings. The molecule has 0 aromatic heterocycles. The maximum absolute atomic E-state index is 13.0. The molecule has 1 heterocycles. The van der Waals surface area contributed by atoms with Crippen LogP contribution in [0.3, 0.4) is 0 Å². The Morgan fingerprint density at radius 3 is 2.50 bits per heavy atom. The molecule has 1 aliphatic heterocycles. The minimum Gasteiger partial charge on any atom is -0.489 e. The molecule has 1 amide bonds. The number of nitrogens with one attached hydrogen (secondary N) is 1. The normalized spacial score (nSPS) is 12.4. The van der Waals surface area contributed by atoms with E-state index in [1.54, 1.807) is 36.4 Å². The lowest BCUT2D eigenvalue weighted by molar-refractivity contribution is -0.135. The molecule has 0 bridgehead atoms. The number of carbonyl (C=O) groups is 2. The number of para-hydroxylation sites is 1. The van der Waals surface area contributed by atoms with Crippen LogP contribution in [-0.4, -0.2) is 23.5 Å². The summed E-state index contributed by atoms with van der Waals surface area (Å²) in [5.74, 6) is -0.905. The van der Waals surface area contributed by atoms with Gasteiger partial charge in [0, 0.05) is 6.07 Å². The van der Waals surface area contributed by atoms with Crippen molar-refractivity contribution in [2.24, 2.45) is 0 Å². The van der Waals surface area contributed by atoms with E-state index in [2.05, 4.69) is 5.32 Å². The number of carboxylic acids is 1. The van der Waals surface area contributed by atoms with E-state index in [1.807, 2.05) is 36.4 Å². The molecule has 3 aromatic carbocycles. The molecule has 0 saturated heterocycles. The highest BCUT2D eigenvalue weighted by Gasteiger charge is 2.28. The quantitative estimate of drug-likeness (QED) is 0.704. The van der Waals surface area contributed by atoms with Crippen molar-refractivity contribution in [2.75, 3.05) is 16.8 Å². The van der Waals surface area contributed by atoms with Gasteiger partial charge in [0.1, 0.15) is 18.9 Å². The molecule has 28 heavy (non-hydrogen) atoms. The lowest BCUT2D eigenvalue weighted by Gasteiger charge is -2.21. The minimum absolute atomic E-state index is 0.371. The molecule has 0 saturated carbocycles. The summed E-state index contributed by atoms with van der Waals surface area (Å²) < 4.78 is 5.85. The standard InChI is InChI=1S/C22H18N2O4/c25-21(26)13-24-20-12-16(28-14-15-6-2-1-3-7-15)10-11-19(20)23-18-9-5-4-8-17(18)22(24)27/h1-12,23H,13-14H2,(H,25,26). The topological polar surface area (TPSA) is 78.9 Å². The molecular formula is C22H18N2O4. The largest absolute Gasteiger partial charge is 0.489 e. The highest BCUT2D eigenvalue weighted by molar-refractivity contribution is 6.15. The number of rotatable bonds is 5. The van der Waals surface area contributed by atoms with Gasteiger partial charge in [-0.15, -0.1) is 0 Å². The SMILES string of the molecule is O=C(O)CN1C(=O)c2ccccc2Nc2ccc(OCc3ccccc3)cc21. The Morgan fingerprint density at radius 1 is 0.964 bits per heavy atom. The van der Waals surface area contributed by atoms with Gasteiger partial charge in [-0.05, 0) is 29.8 Å². The zero-order chi connectivity index (χ0) is 19.5. The van der Waals surface area contributed by atoms with Gasteiger partial charge < -0.3 is 15.2 Å². The first-order valence-corrected chi connectivity index (χ1v) is 8.82. The molecule has 2 N–H and O–H groups in total. The first-order chi connectivity index (χ1) is 13.6. The van der Waals surface area contributed by atoms with E-state index in [0.717, 1.165) is 5.56 Å². The number of carboxylic acid groups (broad SMARTS) is 1. The number of amides is 1. The van der Waals surface area contributed by atoms with Crippen molar-refractivity contribution in [1.82, 2.24) is 0 Å². The molecule has 1 aliphatic rings. The number of anilines is 3. The Balaban J connectivity index is 1.69. The van der Waals surface area contributed by atoms with Crippen molar-refractivity contribution in [3.05, 3.63) is 83.9 Å². The third kappa shape index (κ3) is 3.53. The summed E-state index contributed by atoms with van der Waals surface area (Å²) in [6, 6.07) is 22.1. The second kappa shape index (κ2) is 7.44. The van der Waals surface area contributed by atoms with Crippen LogP contribution in [0.15, 0.2) is 72.8 Å². The Hall–Kier alpha value is -3.80. The molecule has 3 aromatic rings. The zero-order valence-corrected chi connectivity index (χ0v) is 15.0. The number of fused-ring (bicyclic) bond motifs is 2. The van der Waals surface area contributed by atoms with Gasteiger partial charge in [0.2, 0.25) is 0 Å². The molecule has 140 valence electrons. The lowest BCUT2D eigenvalue weighted by Crippen LogP contribution is -2.35. The van der Waals surface area contributed by atoms with Gasteiger partial charge in [0.15, 0.2) is 0 Å². The van der Waals surface area contributed by atoms with Crippen molar-refractivity contribution in [2.45, 2.75) is 6.61 Å². The maximum Gasteiger partial charge on any atom is 0.323 e. The summed E-state index contributed by atoms with van der Waals surface area (Å²) in [6.45, 7) is -0.0653. The molecule has 0 unspecified atom stereocenters. The number of nitrogens with zero attached hydrogens (tertiary/aromatic N) is 1. The van der Waals surface area contributed by atoms with E-state index in [-0.39, 0.29) is 5.91 Å². The van der Waals surface area contributed by atoms with Crippen LogP contribution in [-0.2, 0) is 11.4 Å². The number of ether oxygens (including phenoxy) is 1. The molecule has 0 atom stereocenters. The van der Waals surface area contributed by atoms with E-state index in [0.29, 0.717) is 35.0 Å². The van der Waals surface area contributed by atoms with Crippen molar-refractivity contribution in [1.29, 1.82) is 0 Å². The maximum atomic E-state index is 13.0. The third-order valence-electron chi connectivity index (χ3n) is 4.47. The van der Waals surface area contributed by atoms with Crippen molar-refractivity contribution in [3.8, 4) is 5.75 Å². The first kappa shape index (κ1) is 17.6. The summed E-state index contributed by atoms with van der Waals surface area (Å²) in [6.07, 6.45) is 0. The highest BCUT2D eigenvalue weighted by Crippen LogP contribution is 2.38. The Morgan fingerprint density at radius 2 is 1.71 bits per heavy atom. The van der Waals surface area contributed by atoms with E-state index in [9.17, 15) is 14.7 Å². The van der Waals surface area contributed by atoms with Crippen LogP contribution >= 0.6 is 0 Å². The predicted octanol–water partition coefficient (Wildman–Crippen LogP) is 4.05. The summed E-state index contributed by atoms with van der Waals surface area (Å²) >= 11 is 0. The molecule has 6 heteroatoms. The third-order valence-corrected chi connectivity index (χ3v) is 4.47. The fourth-order valence-electron chi connectivity index (χ4n) is 3.14. The van der Waals surface area contributed by atoms with Crippen LogP contribution < -0.4 is 15.0 Å².